The molecule has 4 nitrogen and oxygen atoms in total. The van der Waals surface area contributed by atoms with Crippen molar-refractivity contribution in [3.8, 4) is 0 Å². The van der Waals surface area contributed by atoms with Gasteiger partial charge in [-0.15, -0.1) is 0 Å². The number of amides is 1. The highest BCUT2D eigenvalue weighted by atomic mass is 32.2. The highest BCUT2D eigenvalue weighted by Gasteiger charge is 2.29. The van der Waals surface area contributed by atoms with Crippen molar-refractivity contribution in [1.29, 1.82) is 0 Å². The SMILES string of the molecule is O=C(NC1CC1)C(Sc1ncc2ccccn12)c1ccccc1. The quantitative estimate of drug-likeness (QED) is 0.732. The topological polar surface area (TPSA) is 46.4 Å². The van der Waals surface area contributed by atoms with E-state index in [-0.39, 0.29) is 11.2 Å². The lowest BCUT2D eigenvalue weighted by molar-refractivity contribution is -0.120. The molecule has 0 radical (unpaired) electrons. The number of carbonyl (C=O) groups is 1. The summed E-state index contributed by atoms with van der Waals surface area (Å²) in [6, 6.07) is 16.2. The van der Waals surface area contributed by atoms with Crippen LogP contribution in [-0.4, -0.2) is 21.3 Å². The van der Waals surface area contributed by atoms with Gasteiger partial charge in [0.15, 0.2) is 5.16 Å². The van der Waals surface area contributed by atoms with Crippen LogP contribution < -0.4 is 5.32 Å². The van der Waals surface area contributed by atoms with Crippen LogP contribution in [-0.2, 0) is 4.79 Å². The maximum absolute atomic E-state index is 12.7. The number of pyridine rings is 1. The predicted molar refractivity (Wildman–Crippen MR) is 91.4 cm³/mol. The molecule has 23 heavy (non-hydrogen) atoms. The summed E-state index contributed by atoms with van der Waals surface area (Å²) in [6.07, 6.45) is 5.99. The van der Waals surface area contributed by atoms with Gasteiger partial charge in [-0.25, -0.2) is 4.98 Å². The predicted octanol–water partition coefficient (Wildman–Crippen LogP) is 3.45. The Morgan fingerprint density at radius 1 is 1.17 bits per heavy atom. The van der Waals surface area contributed by atoms with E-state index in [1.165, 1.54) is 11.8 Å². The summed E-state index contributed by atoms with van der Waals surface area (Å²) in [5.41, 5.74) is 2.03. The summed E-state index contributed by atoms with van der Waals surface area (Å²) in [6.45, 7) is 0. The highest BCUT2D eigenvalue weighted by molar-refractivity contribution is 8.00. The van der Waals surface area contributed by atoms with Gasteiger partial charge in [-0.3, -0.25) is 9.20 Å². The van der Waals surface area contributed by atoms with Crippen LogP contribution >= 0.6 is 11.8 Å². The molecule has 0 saturated heterocycles. The number of carbonyl (C=O) groups excluding carboxylic acids is 1. The largest absolute Gasteiger partial charge is 0.352 e. The Hall–Kier alpha value is -2.27. The lowest BCUT2D eigenvalue weighted by atomic mass is 10.1. The van der Waals surface area contributed by atoms with E-state index >= 15 is 0 Å². The van der Waals surface area contributed by atoms with E-state index in [1.54, 1.807) is 0 Å². The Balaban J connectivity index is 1.65. The number of imidazole rings is 1. The van der Waals surface area contributed by atoms with Crippen LogP contribution in [0.1, 0.15) is 23.7 Å². The Morgan fingerprint density at radius 2 is 1.96 bits per heavy atom. The number of benzene rings is 1. The number of aromatic nitrogens is 2. The fourth-order valence-electron chi connectivity index (χ4n) is 2.52. The zero-order chi connectivity index (χ0) is 15.6. The van der Waals surface area contributed by atoms with E-state index in [2.05, 4.69) is 10.3 Å². The zero-order valence-electron chi connectivity index (χ0n) is 12.6. The van der Waals surface area contributed by atoms with Crippen LogP contribution in [0.25, 0.3) is 5.52 Å². The normalized spacial score (nSPS) is 15.5. The van der Waals surface area contributed by atoms with Crippen molar-refractivity contribution in [1.82, 2.24) is 14.7 Å². The molecule has 1 atom stereocenters. The first-order valence-electron chi connectivity index (χ1n) is 7.75. The molecule has 0 bridgehead atoms. The third-order valence-electron chi connectivity index (χ3n) is 3.89. The number of fused-ring (bicyclic) bond motifs is 1. The standard InChI is InChI=1S/C18H17N3OS/c22-17(20-14-9-10-14)16(13-6-2-1-3-7-13)23-18-19-12-15-8-4-5-11-21(15)18/h1-8,11-12,14,16H,9-10H2,(H,20,22). The van der Waals surface area contributed by atoms with Crippen molar-refractivity contribution < 1.29 is 4.79 Å². The maximum atomic E-state index is 12.7. The molecule has 1 unspecified atom stereocenters. The second-order valence-electron chi connectivity index (χ2n) is 5.73. The minimum absolute atomic E-state index is 0.0661. The minimum atomic E-state index is -0.289. The first-order valence-corrected chi connectivity index (χ1v) is 8.63. The average molecular weight is 323 g/mol. The number of nitrogens with one attached hydrogen (secondary N) is 1. The molecule has 0 spiro atoms. The second kappa shape index (κ2) is 6.08. The molecular formula is C18H17N3OS. The Bertz CT molecular complexity index is 826. The van der Waals surface area contributed by atoms with Crippen LogP contribution in [0.3, 0.4) is 0 Å². The summed E-state index contributed by atoms with van der Waals surface area (Å²) in [5.74, 6) is 0.0661. The summed E-state index contributed by atoms with van der Waals surface area (Å²) in [7, 11) is 0. The second-order valence-corrected chi connectivity index (χ2v) is 6.80. The Kier molecular flexibility index (Phi) is 3.79. The van der Waals surface area contributed by atoms with Gasteiger partial charge in [-0.05, 0) is 30.5 Å². The van der Waals surface area contributed by atoms with E-state index < -0.39 is 0 Å². The van der Waals surface area contributed by atoms with Gasteiger partial charge in [0.05, 0.1) is 11.7 Å². The molecule has 1 aliphatic carbocycles. The van der Waals surface area contributed by atoms with Gasteiger partial charge in [-0.2, -0.15) is 0 Å². The third-order valence-corrected chi connectivity index (χ3v) is 5.13. The van der Waals surface area contributed by atoms with Gasteiger partial charge in [0.1, 0.15) is 5.25 Å². The van der Waals surface area contributed by atoms with Gasteiger partial charge < -0.3 is 5.32 Å². The summed E-state index contributed by atoms with van der Waals surface area (Å²) < 4.78 is 2.02. The van der Waals surface area contributed by atoms with E-state index in [9.17, 15) is 4.79 Å². The molecule has 4 rings (SSSR count). The Morgan fingerprint density at radius 3 is 2.74 bits per heavy atom. The molecule has 2 heterocycles. The number of nitrogens with zero attached hydrogens (tertiary/aromatic N) is 2. The Labute approximate surface area is 138 Å². The molecule has 5 heteroatoms. The van der Waals surface area contributed by atoms with Gasteiger partial charge in [-0.1, -0.05) is 48.2 Å². The fourth-order valence-corrected chi connectivity index (χ4v) is 3.59. The van der Waals surface area contributed by atoms with E-state index in [0.717, 1.165) is 29.1 Å². The lowest BCUT2D eigenvalue weighted by Crippen LogP contribution is -2.29. The van der Waals surface area contributed by atoms with Crippen LogP contribution in [0.2, 0.25) is 0 Å². The number of rotatable bonds is 5. The van der Waals surface area contributed by atoms with E-state index in [0.29, 0.717) is 6.04 Å². The van der Waals surface area contributed by atoms with Gasteiger partial charge in [0.25, 0.3) is 0 Å². The van der Waals surface area contributed by atoms with E-state index in [1.807, 2.05) is 65.3 Å². The first kappa shape index (κ1) is 14.3. The zero-order valence-corrected chi connectivity index (χ0v) is 13.4. The summed E-state index contributed by atoms with van der Waals surface area (Å²) in [4.78, 5) is 17.2. The van der Waals surface area contributed by atoms with Crippen molar-refractivity contribution in [3.05, 3.63) is 66.5 Å². The highest BCUT2D eigenvalue weighted by Crippen LogP contribution is 2.35. The summed E-state index contributed by atoms with van der Waals surface area (Å²) in [5, 5.41) is 3.66. The third kappa shape index (κ3) is 3.10. The fraction of sp³-hybridized carbons (Fsp3) is 0.222. The molecule has 1 aliphatic rings. The van der Waals surface area contributed by atoms with Crippen molar-refractivity contribution in [2.24, 2.45) is 0 Å². The molecule has 116 valence electrons. The first-order chi connectivity index (χ1) is 11.3. The molecule has 3 aromatic rings. The van der Waals surface area contributed by atoms with Crippen LogP contribution in [0.5, 0.6) is 0 Å². The molecule has 1 aromatic carbocycles. The van der Waals surface area contributed by atoms with Crippen LogP contribution in [0, 0.1) is 0 Å². The minimum Gasteiger partial charge on any atom is -0.352 e. The smallest absolute Gasteiger partial charge is 0.238 e. The molecule has 1 amide bonds. The molecule has 1 fully saturated rings. The van der Waals surface area contributed by atoms with E-state index in [4.69, 9.17) is 0 Å². The number of thioether (sulfide) groups is 1. The maximum Gasteiger partial charge on any atom is 0.238 e. The van der Waals surface area contributed by atoms with Crippen molar-refractivity contribution in [2.45, 2.75) is 29.3 Å². The van der Waals surface area contributed by atoms with Crippen molar-refractivity contribution >= 4 is 23.2 Å². The van der Waals surface area contributed by atoms with Crippen molar-refractivity contribution in [3.63, 3.8) is 0 Å². The van der Waals surface area contributed by atoms with Gasteiger partial charge >= 0.3 is 0 Å². The molecule has 0 aliphatic heterocycles. The summed E-state index contributed by atoms with van der Waals surface area (Å²) >= 11 is 1.50. The molecule has 1 N–H and O–H groups in total. The molecule has 2 aromatic heterocycles. The van der Waals surface area contributed by atoms with Crippen molar-refractivity contribution in [2.75, 3.05) is 0 Å². The average Bonchev–Trinajstić information content (AvgIpc) is 3.31. The molecule has 1 saturated carbocycles. The van der Waals surface area contributed by atoms with Crippen LogP contribution in [0.15, 0.2) is 66.1 Å². The number of hydrogen-bond donors (Lipinski definition) is 1. The van der Waals surface area contributed by atoms with Gasteiger partial charge in [0, 0.05) is 12.2 Å². The number of hydrogen-bond acceptors (Lipinski definition) is 3. The molecular weight excluding hydrogens is 306 g/mol. The lowest BCUT2D eigenvalue weighted by Gasteiger charge is -2.16. The van der Waals surface area contributed by atoms with Gasteiger partial charge in [0.2, 0.25) is 5.91 Å². The monoisotopic (exact) mass is 323 g/mol. The van der Waals surface area contributed by atoms with Crippen LogP contribution in [0.4, 0.5) is 0 Å².